The van der Waals surface area contributed by atoms with Gasteiger partial charge in [0.1, 0.15) is 0 Å². The summed E-state index contributed by atoms with van der Waals surface area (Å²) < 4.78 is 25.9. The van der Waals surface area contributed by atoms with Crippen molar-refractivity contribution >= 4 is 27.3 Å². The quantitative estimate of drug-likeness (QED) is 0.433. The number of benzene rings is 2. The van der Waals surface area contributed by atoms with E-state index in [1.807, 2.05) is 6.92 Å². The van der Waals surface area contributed by atoms with E-state index in [0.717, 1.165) is 29.0 Å². The summed E-state index contributed by atoms with van der Waals surface area (Å²) in [4.78, 5) is 23.1. The molecule has 2 aromatic rings. The molecule has 0 fully saturated rings. The first-order chi connectivity index (χ1) is 15.6. The van der Waals surface area contributed by atoms with Gasteiger partial charge in [-0.05, 0) is 68.2 Å². The van der Waals surface area contributed by atoms with E-state index >= 15 is 0 Å². The monoisotopic (exact) mass is 473 g/mol. The fourth-order valence-corrected chi connectivity index (χ4v) is 5.26. The molecular formula is C24H31N3O5S. The molecule has 1 amide bonds. The molecule has 1 aliphatic rings. The Morgan fingerprint density at radius 2 is 1.85 bits per heavy atom. The van der Waals surface area contributed by atoms with E-state index in [2.05, 4.69) is 23.5 Å². The third kappa shape index (κ3) is 6.31. The Morgan fingerprint density at radius 3 is 2.52 bits per heavy atom. The molecule has 0 aliphatic heterocycles. The normalized spacial score (nSPS) is 14.3. The number of rotatable bonds is 9. The lowest BCUT2D eigenvalue weighted by atomic mass is 9.89. The minimum absolute atomic E-state index is 0.0570. The van der Waals surface area contributed by atoms with Crippen molar-refractivity contribution in [1.82, 2.24) is 5.32 Å². The molecule has 1 aliphatic carbocycles. The largest absolute Gasteiger partial charge is 0.350 e. The third-order valence-electron chi connectivity index (χ3n) is 6.09. The van der Waals surface area contributed by atoms with E-state index in [1.54, 1.807) is 6.92 Å². The Labute approximate surface area is 195 Å². The first kappa shape index (κ1) is 24.7. The fraction of sp³-hybridized carbons (Fsp3) is 0.458. The van der Waals surface area contributed by atoms with Crippen LogP contribution >= 0.6 is 0 Å². The highest BCUT2D eigenvalue weighted by Gasteiger charge is 2.22. The van der Waals surface area contributed by atoms with Crippen LogP contribution in [0.15, 0.2) is 36.4 Å². The number of nitro groups is 1. The van der Waals surface area contributed by atoms with Crippen molar-refractivity contribution in [2.24, 2.45) is 0 Å². The zero-order chi connectivity index (χ0) is 24.2. The summed E-state index contributed by atoms with van der Waals surface area (Å²) in [6, 6.07) is 10.4. The van der Waals surface area contributed by atoms with Crippen LogP contribution in [-0.4, -0.2) is 32.0 Å². The first-order valence-electron chi connectivity index (χ1n) is 11.2. The maximum Gasteiger partial charge on any atom is 0.271 e. The van der Waals surface area contributed by atoms with Gasteiger partial charge in [-0.25, -0.2) is 8.42 Å². The van der Waals surface area contributed by atoms with Crippen LogP contribution in [0.4, 0.5) is 11.4 Å². The van der Waals surface area contributed by atoms with Gasteiger partial charge in [0, 0.05) is 25.1 Å². The molecule has 0 saturated heterocycles. The van der Waals surface area contributed by atoms with Crippen LogP contribution in [0.25, 0.3) is 0 Å². The predicted octanol–water partition coefficient (Wildman–Crippen LogP) is 4.21. The van der Waals surface area contributed by atoms with Crippen LogP contribution in [0.1, 0.15) is 60.9 Å². The van der Waals surface area contributed by atoms with Crippen molar-refractivity contribution in [3.05, 3.63) is 68.8 Å². The minimum Gasteiger partial charge on any atom is -0.350 e. The Morgan fingerprint density at radius 1 is 1.15 bits per heavy atom. The van der Waals surface area contributed by atoms with Crippen LogP contribution in [0.3, 0.4) is 0 Å². The number of carbonyl (C=O) groups excluding carboxylic acids is 1. The van der Waals surface area contributed by atoms with Crippen LogP contribution in [-0.2, 0) is 27.7 Å². The van der Waals surface area contributed by atoms with Crippen LogP contribution in [0, 0.1) is 17.0 Å². The lowest BCUT2D eigenvalue weighted by Gasteiger charge is -2.24. The number of fused-ring (bicyclic) bond motifs is 1. The van der Waals surface area contributed by atoms with Gasteiger partial charge in [0.25, 0.3) is 5.69 Å². The van der Waals surface area contributed by atoms with Gasteiger partial charge in [0.2, 0.25) is 15.9 Å². The van der Waals surface area contributed by atoms with E-state index in [4.69, 9.17) is 0 Å². The maximum absolute atomic E-state index is 12.5. The molecule has 3 rings (SSSR count). The smallest absolute Gasteiger partial charge is 0.271 e. The van der Waals surface area contributed by atoms with Crippen molar-refractivity contribution in [1.29, 1.82) is 0 Å². The Bertz CT molecular complexity index is 1150. The summed E-state index contributed by atoms with van der Waals surface area (Å²) in [5.74, 6) is -0.163. The number of anilines is 1. The highest BCUT2D eigenvalue weighted by molar-refractivity contribution is 7.92. The number of nitrogens with one attached hydrogen (secondary N) is 1. The molecule has 0 saturated carbocycles. The molecule has 0 spiro atoms. The maximum atomic E-state index is 12.5. The minimum atomic E-state index is -3.68. The molecule has 9 heteroatoms. The molecule has 0 bridgehead atoms. The summed E-state index contributed by atoms with van der Waals surface area (Å²) in [7, 11) is -3.68. The number of sulfonamides is 1. The SMILES string of the molecule is Cc1ccc([N+](=O)[O-])cc1N(CCCC(=O)N[C@H](C)c1ccc2c(c1)CCCC2)S(C)(=O)=O. The average molecular weight is 474 g/mol. The van der Waals surface area contributed by atoms with E-state index in [9.17, 15) is 23.3 Å². The topological polar surface area (TPSA) is 110 Å². The van der Waals surface area contributed by atoms with Crippen molar-refractivity contribution < 1.29 is 18.1 Å². The summed E-state index contributed by atoms with van der Waals surface area (Å²) in [6.45, 7) is 3.70. The Balaban J connectivity index is 1.62. The summed E-state index contributed by atoms with van der Waals surface area (Å²) in [6.07, 6.45) is 6.09. The number of non-ortho nitro benzene ring substituents is 1. The third-order valence-corrected chi connectivity index (χ3v) is 7.27. The zero-order valence-electron chi connectivity index (χ0n) is 19.3. The number of nitrogens with zero attached hydrogens (tertiary/aromatic N) is 2. The molecule has 1 N–H and O–H groups in total. The number of aryl methyl sites for hydroxylation is 3. The van der Waals surface area contributed by atoms with Crippen LogP contribution in [0.2, 0.25) is 0 Å². The second kappa shape index (κ2) is 10.3. The fourth-order valence-electron chi connectivity index (χ4n) is 4.25. The number of hydrogen-bond acceptors (Lipinski definition) is 5. The van der Waals surface area contributed by atoms with Crippen molar-refractivity contribution in [3.63, 3.8) is 0 Å². The molecule has 1 atom stereocenters. The molecule has 0 heterocycles. The highest BCUT2D eigenvalue weighted by atomic mass is 32.2. The van der Waals surface area contributed by atoms with Crippen molar-refractivity contribution in [3.8, 4) is 0 Å². The van der Waals surface area contributed by atoms with Crippen LogP contribution in [0.5, 0.6) is 0 Å². The van der Waals surface area contributed by atoms with Gasteiger partial charge >= 0.3 is 0 Å². The van der Waals surface area contributed by atoms with E-state index in [-0.39, 0.29) is 42.7 Å². The summed E-state index contributed by atoms with van der Waals surface area (Å²) in [5, 5.41) is 14.1. The first-order valence-corrected chi connectivity index (χ1v) is 13.0. The van der Waals surface area contributed by atoms with Gasteiger partial charge < -0.3 is 5.32 Å². The zero-order valence-corrected chi connectivity index (χ0v) is 20.2. The second-order valence-electron chi connectivity index (χ2n) is 8.69. The van der Waals surface area contributed by atoms with Gasteiger partial charge in [-0.2, -0.15) is 0 Å². The highest BCUT2D eigenvalue weighted by Crippen LogP contribution is 2.28. The number of hydrogen-bond donors (Lipinski definition) is 1. The van der Waals surface area contributed by atoms with E-state index < -0.39 is 14.9 Å². The Kier molecular flexibility index (Phi) is 7.73. The number of carbonyl (C=O) groups is 1. The van der Waals surface area contributed by atoms with Gasteiger partial charge in [-0.1, -0.05) is 24.3 Å². The van der Waals surface area contributed by atoms with Gasteiger partial charge in [0.15, 0.2) is 0 Å². The number of amides is 1. The predicted molar refractivity (Wildman–Crippen MR) is 129 cm³/mol. The van der Waals surface area contributed by atoms with Gasteiger partial charge in [0.05, 0.1) is 22.9 Å². The van der Waals surface area contributed by atoms with Crippen molar-refractivity contribution in [2.45, 2.75) is 58.4 Å². The standard InChI is InChI=1S/C24H31N3O5S/c1-17-10-13-22(27(29)30)16-23(17)26(33(3,31)32)14-6-9-24(28)25-18(2)20-12-11-19-7-4-5-8-21(19)15-20/h10-13,15-16,18H,4-9,14H2,1-3H3,(H,25,28)/t18-/m1/s1. The van der Waals surface area contributed by atoms with Gasteiger partial charge in [-0.3, -0.25) is 19.2 Å². The molecule has 0 unspecified atom stereocenters. The van der Waals surface area contributed by atoms with E-state index in [0.29, 0.717) is 5.56 Å². The molecular weight excluding hydrogens is 442 g/mol. The average Bonchev–Trinajstić information content (AvgIpc) is 2.76. The molecule has 178 valence electrons. The summed E-state index contributed by atoms with van der Waals surface area (Å²) >= 11 is 0. The lowest BCUT2D eigenvalue weighted by Crippen LogP contribution is -2.33. The molecule has 2 aromatic carbocycles. The Hall–Kier alpha value is -2.94. The lowest BCUT2D eigenvalue weighted by molar-refractivity contribution is -0.384. The molecule has 8 nitrogen and oxygen atoms in total. The van der Waals surface area contributed by atoms with Crippen molar-refractivity contribution in [2.75, 3.05) is 17.1 Å². The summed E-state index contributed by atoms with van der Waals surface area (Å²) in [5.41, 5.74) is 4.50. The van der Waals surface area contributed by atoms with Crippen LogP contribution < -0.4 is 9.62 Å². The number of nitro benzene ring substituents is 1. The second-order valence-corrected chi connectivity index (χ2v) is 10.6. The molecule has 0 aromatic heterocycles. The molecule has 33 heavy (non-hydrogen) atoms. The van der Waals surface area contributed by atoms with Gasteiger partial charge in [-0.15, -0.1) is 0 Å². The molecule has 0 radical (unpaired) electrons. The van der Waals surface area contributed by atoms with E-state index in [1.165, 1.54) is 42.2 Å².